The predicted octanol–water partition coefficient (Wildman–Crippen LogP) is 4.56. The number of hydrogen-bond acceptors (Lipinski definition) is 3. The van der Waals surface area contributed by atoms with Gasteiger partial charge in [-0.3, -0.25) is 0 Å². The van der Waals surface area contributed by atoms with Crippen LogP contribution in [0, 0.1) is 0 Å². The predicted molar refractivity (Wildman–Crippen MR) is 119 cm³/mol. The third-order valence-electron chi connectivity index (χ3n) is 6.52. The Kier molecular flexibility index (Phi) is 4.06. The lowest BCUT2D eigenvalue weighted by molar-refractivity contribution is -0.692. The molecule has 3 aromatic rings. The van der Waals surface area contributed by atoms with Crippen LogP contribution in [0.3, 0.4) is 0 Å². The average molecular weight is 407 g/mol. The van der Waals surface area contributed by atoms with Gasteiger partial charge in [0.15, 0.2) is 0 Å². The van der Waals surface area contributed by atoms with E-state index in [1.54, 1.807) is 0 Å². The van der Waals surface area contributed by atoms with E-state index in [4.69, 9.17) is 4.74 Å². The molecule has 0 aromatic heterocycles. The van der Waals surface area contributed by atoms with Crippen LogP contribution in [0.1, 0.15) is 30.4 Å². The van der Waals surface area contributed by atoms with Crippen molar-refractivity contribution in [2.45, 2.75) is 31.0 Å². The van der Waals surface area contributed by atoms with Crippen molar-refractivity contribution in [2.75, 3.05) is 0 Å². The van der Waals surface area contributed by atoms with E-state index >= 15 is 0 Å². The zero-order valence-electron chi connectivity index (χ0n) is 17.1. The number of fused-ring (bicyclic) bond motifs is 2. The third kappa shape index (κ3) is 2.82. The standard InChI is InChI=1S/C27H22N2O2/c30-26-25(21-16-14-20(15-17-21)19-8-3-1-4-9-19)29-27(31-26,23-11-5-2-6-12-23)18-22-10-7-13-24(22)28-29/h1-6,8-9,11-12,14-18,24H,7,10,13H2/p+1/t24-,27-/m1/s1. The monoisotopic (exact) mass is 407 g/mol. The molecular formula is C27H23N2O2+. The molecule has 1 aliphatic carbocycles. The topological polar surface area (TPSA) is 41.3 Å². The van der Waals surface area contributed by atoms with E-state index in [1.165, 1.54) is 5.57 Å². The Morgan fingerprint density at radius 2 is 1.48 bits per heavy atom. The molecule has 2 heterocycles. The summed E-state index contributed by atoms with van der Waals surface area (Å²) in [5, 5.41) is 0. The highest BCUT2D eigenvalue weighted by atomic mass is 16.6. The van der Waals surface area contributed by atoms with Gasteiger partial charge in [0, 0.05) is 6.08 Å². The Labute approximate surface area is 181 Å². The van der Waals surface area contributed by atoms with Gasteiger partial charge in [0.25, 0.3) is 0 Å². The molecule has 1 N–H and O–H groups in total. The van der Waals surface area contributed by atoms with Crippen molar-refractivity contribution in [2.24, 2.45) is 0 Å². The van der Waals surface area contributed by atoms with Gasteiger partial charge in [-0.05, 0) is 60.2 Å². The highest BCUT2D eigenvalue weighted by Crippen LogP contribution is 2.41. The van der Waals surface area contributed by atoms with Gasteiger partial charge in [0.2, 0.25) is 0 Å². The number of rotatable bonds is 3. The van der Waals surface area contributed by atoms with Crippen LogP contribution in [0.5, 0.6) is 0 Å². The fourth-order valence-corrected chi connectivity index (χ4v) is 4.99. The van der Waals surface area contributed by atoms with Crippen LogP contribution in [0.15, 0.2) is 96.6 Å². The molecule has 2 atom stereocenters. The summed E-state index contributed by atoms with van der Waals surface area (Å²) >= 11 is 0. The summed E-state index contributed by atoms with van der Waals surface area (Å²) in [6.45, 7) is 0. The van der Waals surface area contributed by atoms with Crippen molar-refractivity contribution in [1.82, 2.24) is 5.43 Å². The van der Waals surface area contributed by atoms with Crippen molar-refractivity contribution in [3.63, 3.8) is 0 Å². The molecule has 0 radical (unpaired) electrons. The van der Waals surface area contributed by atoms with Crippen LogP contribution in [-0.4, -0.2) is 22.4 Å². The Balaban J connectivity index is 1.50. The Bertz CT molecular complexity index is 1210. The Morgan fingerprint density at radius 1 is 0.839 bits per heavy atom. The molecule has 3 aromatic carbocycles. The van der Waals surface area contributed by atoms with E-state index in [1.807, 2.05) is 65.3 Å². The fourth-order valence-electron chi connectivity index (χ4n) is 4.99. The van der Waals surface area contributed by atoms with E-state index in [0.717, 1.165) is 41.5 Å². The molecule has 0 unspecified atom stereocenters. The second kappa shape index (κ2) is 6.95. The number of carbonyl (C=O) groups is 1. The fraction of sp³-hybridized carbons (Fsp3) is 0.185. The number of hydrazine groups is 1. The van der Waals surface area contributed by atoms with Crippen LogP contribution in [0.4, 0.5) is 0 Å². The Hall–Kier alpha value is -3.66. The maximum atomic E-state index is 13.2. The summed E-state index contributed by atoms with van der Waals surface area (Å²) in [7, 11) is 0. The molecule has 2 aliphatic heterocycles. The minimum atomic E-state index is -0.943. The normalized spacial score (nSPS) is 24.2. The molecule has 4 nitrogen and oxygen atoms in total. The maximum absolute atomic E-state index is 13.2. The number of hydrazone groups is 1. The van der Waals surface area contributed by atoms with Crippen LogP contribution in [-0.2, 0) is 15.3 Å². The van der Waals surface area contributed by atoms with Gasteiger partial charge in [-0.25, -0.2) is 4.79 Å². The lowest BCUT2D eigenvalue weighted by Crippen LogP contribution is -2.53. The van der Waals surface area contributed by atoms with Gasteiger partial charge in [0.05, 0.1) is 11.1 Å². The Morgan fingerprint density at radius 3 is 2.23 bits per heavy atom. The first kappa shape index (κ1) is 18.1. The first-order valence-electron chi connectivity index (χ1n) is 10.8. The van der Waals surface area contributed by atoms with Crippen molar-refractivity contribution in [3.8, 4) is 11.1 Å². The quantitative estimate of drug-likeness (QED) is 0.393. The van der Waals surface area contributed by atoms with Crippen LogP contribution < -0.4 is 5.43 Å². The highest BCUT2D eigenvalue weighted by molar-refractivity contribution is 6.42. The zero-order valence-corrected chi connectivity index (χ0v) is 17.1. The van der Waals surface area contributed by atoms with Gasteiger partial charge < -0.3 is 4.74 Å². The summed E-state index contributed by atoms with van der Waals surface area (Å²) in [5.41, 5.74) is 8.64. The highest BCUT2D eigenvalue weighted by Gasteiger charge is 2.60. The molecule has 3 aliphatic rings. The minimum Gasteiger partial charge on any atom is -0.382 e. The number of nitrogens with one attached hydrogen (secondary N) is 1. The molecule has 0 bridgehead atoms. The summed E-state index contributed by atoms with van der Waals surface area (Å²) in [4.78, 5) is 13.2. The number of benzene rings is 3. The van der Waals surface area contributed by atoms with Crippen molar-refractivity contribution >= 4 is 11.7 Å². The molecule has 6 rings (SSSR count). The largest absolute Gasteiger partial charge is 0.412 e. The minimum absolute atomic E-state index is 0.255. The van der Waals surface area contributed by atoms with Gasteiger partial charge in [-0.15, -0.1) is 0 Å². The van der Waals surface area contributed by atoms with Gasteiger partial charge in [-0.2, -0.15) is 5.43 Å². The van der Waals surface area contributed by atoms with Gasteiger partial charge in [0.1, 0.15) is 6.04 Å². The van der Waals surface area contributed by atoms with E-state index in [-0.39, 0.29) is 12.0 Å². The van der Waals surface area contributed by atoms with Gasteiger partial charge in [-0.1, -0.05) is 65.3 Å². The molecule has 0 spiro atoms. The molecule has 0 amide bonds. The zero-order chi connectivity index (χ0) is 20.8. The smallest absolute Gasteiger partial charge is 0.382 e. The SMILES string of the molecule is O=C1O[C@@]2(c3ccccc3)C=C3CCC[C@H]3N[N+]2=C1c1ccc(-c2ccccc2)cc1. The van der Waals surface area contributed by atoms with E-state index in [9.17, 15) is 4.79 Å². The molecule has 1 saturated carbocycles. The van der Waals surface area contributed by atoms with Crippen LogP contribution in [0.2, 0.25) is 0 Å². The van der Waals surface area contributed by atoms with Crippen molar-refractivity contribution in [1.29, 1.82) is 0 Å². The molecule has 31 heavy (non-hydrogen) atoms. The van der Waals surface area contributed by atoms with Crippen LogP contribution in [0.25, 0.3) is 11.1 Å². The number of carbonyl (C=O) groups excluding carboxylic acids is 1. The number of esters is 1. The summed E-state index contributed by atoms with van der Waals surface area (Å²) in [6, 6.07) is 28.7. The molecular weight excluding hydrogens is 384 g/mol. The first-order valence-corrected chi connectivity index (χ1v) is 10.8. The van der Waals surface area contributed by atoms with Crippen molar-refractivity contribution < 1.29 is 14.2 Å². The molecule has 1 fully saturated rings. The first-order chi connectivity index (χ1) is 15.2. The maximum Gasteiger partial charge on any atom is 0.412 e. The molecule has 152 valence electrons. The second-order valence-electron chi connectivity index (χ2n) is 8.37. The van der Waals surface area contributed by atoms with E-state index < -0.39 is 5.72 Å². The number of ether oxygens (including phenoxy) is 1. The lowest BCUT2D eigenvalue weighted by atomic mass is 9.95. The lowest BCUT2D eigenvalue weighted by Gasteiger charge is -2.29. The second-order valence-corrected chi connectivity index (χ2v) is 8.37. The molecule has 4 heteroatoms. The third-order valence-corrected chi connectivity index (χ3v) is 6.52. The summed E-state index contributed by atoms with van der Waals surface area (Å²) < 4.78 is 8.10. The summed E-state index contributed by atoms with van der Waals surface area (Å²) in [6.07, 6.45) is 5.43. The average Bonchev–Trinajstić information content (AvgIpc) is 3.39. The van der Waals surface area contributed by atoms with Crippen molar-refractivity contribution in [3.05, 3.63) is 108 Å². The number of hydrogen-bond donors (Lipinski definition) is 1. The van der Waals surface area contributed by atoms with E-state index in [0.29, 0.717) is 5.71 Å². The molecule has 0 saturated heterocycles. The summed E-state index contributed by atoms with van der Waals surface area (Å²) in [5.74, 6) is -0.305. The van der Waals surface area contributed by atoms with E-state index in [2.05, 4.69) is 35.8 Å². The van der Waals surface area contributed by atoms with Gasteiger partial charge >= 0.3 is 17.4 Å². The number of nitrogens with zero attached hydrogens (tertiary/aromatic N) is 1. The van der Waals surface area contributed by atoms with Crippen LogP contribution >= 0.6 is 0 Å².